The second-order valence-electron chi connectivity index (χ2n) is 4.62. The summed E-state index contributed by atoms with van der Waals surface area (Å²) in [5, 5.41) is 3.87. The molecule has 1 N–H and O–H groups in total. The van der Waals surface area contributed by atoms with E-state index >= 15 is 0 Å². The highest BCUT2D eigenvalue weighted by atomic mass is 79.9. The van der Waals surface area contributed by atoms with Gasteiger partial charge in [0.2, 0.25) is 0 Å². The number of nitrogens with zero attached hydrogens (tertiary/aromatic N) is 2. The van der Waals surface area contributed by atoms with Crippen LogP contribution in [0.25, 0.3) is 11.3 Å². The van der Waals surface area contributed by atoms with E-state index in [-0.39, 0.29) is 5.91 Å². The van der Waals surface area contributed by atoms with Gasteiger partial charge in [-0.15, -0.1) is 0 Å². The van der Waals surface area contributed by atoms with Crippen molar-refractivity contribution in [2.75, 3.05) is 0 Å². The van der Waals surface area contributed by atoms with Crippen molar-refractivity contribution in [3.63, 3.8) is 0 Å². The average molecular weight is 370 g/mol. The largest absolute Gasteiger partial charge is 0.455 e. The van der Waals surface area contributed by atoms with Crippen LogP contribution in [0.4, 0.5) is 0 Å². The summed E-state index contributed by atoms with van der Waals surface area (Å²) in [6.07, 6.45) is 3.00. The Labute approximate surface area is 141 Å². The van der Waals surface area contributed by atoms with Gasteiger partial charge in [-0.25, -0.2) is 5.43 Å². The molecule has 2 heterocycles. The number of carbonyl (C=O) groups excluding carboxylic acids is 1. The van der Waals surface area contributed by atoms with Crippen LogP contribution in [0, 0.1) is 0 Å². The molecule has 0 aliphatic rings. The lowest BCUT2D eigenvalue weighted by Crippen LogP contribution is -2.18. The molecule has 23 heavy (non-hydrogen) atoms. The van der Waals surface area contributed by atoms with Gasteiger partial charge in [0, 0.05) is 16.2 Å². The van der Waals surface area contributed by atoms with E-state index in [0.717, 1.165) is 15.8 Å². The van der Waals surface area contributed by atoms with E-state index in [1.54, 1.807) is 30.5 Å². The first kappa shape index (κ1) is 15.2. The van der Waals surface area contributed by atoms with Crippen molar-refractivity contribution in [2.45, 2.75) is 0 Å². The smallest absolute Gasteiger partial charge is 0.289 e. The third kappa shape index (κ3) is 3.92. The van der Waals surface area contributed by atoms with E-state index in [1.165, 1.54) is 6.21 Å². The van der Waals surface area contributed by atoms with Gasteiger partial charge < -0.3 is 4.42 Å². The lowest BCUT2D eigenvalue weighted by Gasteiger charge is -1.97. The molecule has 0 radical (unpaired) electrons. The molecule has 3 aromatic rings. The zero-order valence-electron chi connectivity index (χ0n) is 11.9. The summed E-state index contributed by atoms with van der Waals surface area (Å²) in [5.41, 5.74) is 3.67. The summed E-state index contributed by atoms with van der Waals surface area (Å²) in [7, 11) is 0. The van der Waals surface area contributed by atoms with Gasteiger partial charge in [-0.05, 0) is 36.4 Å². The summed E-state index contributed by atoms with van der Waals surface area (Å²) >= 11 is 3.39. The van der Waals surface area contributed by atoms with Crippen LogP contribution >= 0.6 is 15.9 Å². The number of carbonyl (C=O) groups is 1. The maximum atomic E-state index is 11.8. The number of amides is 1. The normalized spacial score (nSPS) is 10.8. The number of halogens is 1. The van der Waals surface area contributed by atoms with Crippen LogP contribution in [-0.4, -0.2) is 17.1 Å². The van der Waals surface area contributed by atoms with Gasteiger partial charge in [-0.2, -0.15) is 5.10 Å². The number of nitrogens with one attached hydrogen (secondary N) is 1. The molecule has 0 saturated heterocycles. The Morgan fingerprint density at radius 2 is 1.96 bits per heavy atom. The van der Waals surface area contributed by atoms with Crippen LogP contribution in [0.1, 0.15) is 16.2 Å². The van der Waals surface area contributed by atoms with Gasteiger partial charge >= 0.3 is 0 Å². The van der Waals surface area contributed by atoms with Crippen molar-refractivity contribution in [3.05, 3.63) is 76.7 Å². The number of hydrogen-bond donors (Lipinski definition) is 1. The van der Waals surface area contributed by atoms with Gasteiger partial charge in [0.1, 0.15) is 17.2 Å². The fourth-order valence-electron chi connectivity index (χ4n) is 1.90. The van der Waals surface area contributed by atoms with Gasteiger partial charge in [0.25, 0.3) is 5.91 Å². The predicted molar refractivity (Wildman–Crippen MR) is 91.1 cm³/mol. The number of aromatic nitrogens is 1. The van der Waals surface area contributed by atoms with Gasteiger partial charge in [-0.1, -0.05) is 34.1 Å². The molecule has 0 aliphatic heterocycles. The lowest BCUT2D eigenvalue weighted by atomic mass is 10.2. The van der Waals surface area contributed by atoms with E-state index in [4.69, 9.17) is 4.42 Å². The maximum absolute atomic E-state index is 11.8. The van der Waals surface area contributed by atoms with Gasteiger partial charge in [-0.3, -0.25) is 9.78 Å². The molecule has 6 heteroatoms. The highest BCUT2D eigenvalue weighted by Crippen LogP contribution is 2.23. The van der Waals surface area contributed by atoms with Crippen molar-refractivity contribution in [3.8, 4) is 11.3 Å². The molecular weight excluding hydrogens is 358 g/mol. The van der Waals surface area contributed by atoms with E-state index in [9.17, 15) is 4.79 Å². The fourth-order valence-corrected chi connectivity index (χ4v) is 2.16. The molecular formula is C17H12BrN3O2. The molecule has 5 nitrogen and oxygen atoms in total. The van der Waals surface area contributed by atoms with E-state index in [0.29, 0.717) is 11.5 Å². The standard InChI is InChI=1S/C17H12BrN3O2/c18-13-6-4-12(5-7-13)16-9-8-14(23-16)11-20-21-17(22)15-3-1-2-10-19-15/h1-11H,(H,21,22). The third-order valence-electron chi connectivity index (χ3n) is 3.01. The number of hydrazone groups is 1. The zero-order chi connectivity index (χ0) is 16.1. The summed E-state index contributed by atoms with van der Waals surface area (Å²) in [5.74, 6) is 0.904. The molecule has 2 aromatic heterocycles. The first-order valence-electron chi connectivity index (χ1n) is 6.82. The molecule has 1 aromatic carbocycles. The second kappa shape index (κ2) is 7.02. The number of furan rings is 1. The van der Waals surface area contributed by atoms with E-state index in [2.05, 4.69) is 31.4 Å². The van der Waals surface area contributed by atoms with Crippen LogP contribution in [0.3, 0.4) is 0 Å². The summed E-state index contributed by atoms with van der Waals surface area (Å²) in [4.78, 5) is 15.7. The topological polar surface area (TPSA) is 67.5 Å². The average Bonchev–Trinajstić information content (AvgIpc) is 3.05. The minimum atomic E-state index is -0.374. The van der Waals surface area contributed by atoms with Crippen molar-refractivity contribution in [1.82, 2.24) is 10.4 Å². The minimum Gasteiger partial charge on any atom is -0.455 e. The Morgan fingerprint density at radius 1 is 1.13 bits per heavy atom. The molecule has 0 bridgehead atoms. The first-order valence-corrected chi connectivity index (χ1v) is 7.62. The quantitative estimate of drug-likeness (QED) is 0.560. The Balaban J connectivity index is 1.65. The molecule has 0 aliphatic carbocycles. The first-order chi connectivity index (χ1) is 11.2. The number of rotatable bonds is 4. The summed E-state index contributed by atoms with van der Waals surface area (Å²) in [6, 6.07) is 16.5. The van der Waals surface area contributed by atoms with Crippen LogP contribution in [0.15, 0.2) is 74.8 Å². The van der Waals surface area contributed by atoms with Crippen molar-refractivity contribution >= 4 is 28.1 Å². The second-order valence-corrected chi connectivity index (χ2v) is 5.54. The molecule has 0 atom stereocenters. The van der Waals surface area contributed by atoms with E-state index in [1.807, 2.05) is 30.3 Å². The Kier molecular flexibility index (Phi) is 4.63. The molecule has 114 valence electrons. The third-order valence-corrected chi connectivity index (χ3v) is 3.54. The molecule has 0 saturated carbocycles. The number of pyridine rings is 1. The zero-order valence-corrected chi connectivity index (χ0v) is 13.5. The fraction of sp³-hybridized carbons (Fsp3) is 0. The highest BCUT2D eigenvalue weighted by Gasteiger charge is 2.05. The van der Waals surface area contributed by atoms with Crippen LogP contribution < -0.4 is 5.43 Å². The van der Waals surface area contributed by atoms with Gasteiger partial charge in [0.15, 0.2) is 0 Å². The molecule has 0 spiro atoms. The monoisotopic (exact) mass is 369 g/mol. The summed E-state index contributed by atoms with van der Waals surface area (Å²) in [6.45, 7) is 0. The Hall–Kier alpha value is -2.73. The van der Waals surface area contributed by atoms with Crippen LogP contribution in [0.2, 0.25) is 0 Å². The van der Waals surface area contributed by atoms with Crippen molar-refractivity contribution < 1.29 is 9.21 Å². The minimum absolute atomic E-state index is 0.305. The number of hydrogen-bond acceptors (Lipinski definition) is 4. The molecule has 3 rings (SSSR count). The molecule has 0 fully saturated rings. The van der Waals surface area contributed by atoms with Crippen molar-refractivity contribution in [1.29, 1.82) is 0 Å². The Morgan fingerprint density at radius 3 is 2.70 bits per heavy atom. The van der Waals surface area contributed by atoms with Crippen LogP contribution in [-0.2, 0) is 0 Å². The predicted octanol–water partition coefficient (Wildman–Crippen LogP) is 3.87. The van der Waals surface area contributed by atoms with Gasteiger partial charge in [0.05, 0.1) is 6.21 Å². The highest BCUT2D eigenvalue weighted by molar-refractivity contribution is 9.10. The van der Waals surface area contributed by atoms with Crippen molar-refractivity contribution in [2.24, 2.45) is 5.10 Å². The molecule has 1 amide bonds. The van der Waals surface area contributed by atoms with E-state index < -0.39 is 0 Å². The number of benzene rings is 1. The molecule has 0 unspecified atom stereocenters. The van der Waals surface area contributed by atoms with Crippen LogP contribution in [0.5, 0.6) is 0 Å². The maximum Gasteiger partial charge on any atom is 0.289 e. The Bertz CT molecular complexity index is 827. The SMILES string of the molecule is O=C(NN=Cc1ccc(-c2ccc(Br)cc2)o1)c1ccccn1. The lowest BCUT2D eigenvalue weighted by molar-refractivity contribution is 0.0950. The summed E-state index contributed by atoms with van der Waals surface area (Å²) < 4.78 is 6.67.